The number of hydrogen-bond donors (Lipinski definition) is 1. The Kier molecular flexibility index (Phi) is 5.58. The van der Waals surface area contributed by atoms with Crippen LogP contribution < -0.4 is 9.62 Å². The van der Waals surface area contributed by atoms with E-state index in [0.29, 0.717) is 17.9 Å². The Balaban J connectivity index is 1.42. The maximum Gasteiger partial charge on any atom is 0.264 e. The van der Waals surface area contributed by atoms with Gasteiger partial charge in [0.25, 0.3) is 15.9 Å². The number of nitrogens with zero attached hydrogens (tertiary/aromatic N) is 5. The van der Waals surface area contributed by atoms with Crippen molar-refractivity contribution in [3.05, 3.63) is 89.7 Å². The molecule has 1 amide bonds. The van der Waals surface area contributed by atoms with Gasteiger partial charge in [0.15, 0.2) is 0 Å². The highest BCUT2D eigenvalue weighted by Crippen LogP contribution is 2.32. The smallest absolute Gasteiger partial charge is 0.264 e. The van der Waals surface area contributed by atoms with E-state index in [2.05, 4.69) is 20.8 Å². The lowest BCUT2D eigenvalue weighted by atomic mass is 10.0. The van der Waals surface area contributed by atoms with Crippen molar-refractivity contribution in [2.24, 2.45) is 0 Å². The number of benzene rings is 3. The minimum Gasteiger partial charge on any atom is -0.322 e. The number of aromatic nitrogens is 4. The highest BCUT2D eigenvalue weighted by molar-refractivity contribution is 7.92. The van der Waals surface area contributed by atoms with Gasteiger partial charge in [0.05, 0.1) is 16.3 Å². The van der Waals surface area contributed by atoms with Crippen LogP contribution in [0.25, 0.3) is 5.69 Å². The van der Waals surface area contributed by atoms with E-state index in [4.69, 9.17) is 0 Å². The van der Waals surface area contributed by atoms with Crippen LogP contribution in [0, 0.1) is 6.92 Å². The monoisotopic (exact) mass is 474 g/mol. The van der Waals surface area contributed by atoms with E-state index in [1.54, 1.807) is 24.3 Å². The quantitative estimate of drug-likeness (QED) is 0.475. The zero-order valence-corrected chi connectivity index (χ0v) is 19.2. The molecule has 5 rings (SSSR count). The van der Waals surface area contributed by atoms with Gasteiger partial charge >= 0.3 is 0 Å². The van der Waals surface area contributed by atoms with Crippen LogP contribution in [-0.4, -0.2) is 41.1 Å². The van der Waals surface area contributed by atoms with E-state index in [1.165, 1.54) is 27.4 Å². The maximum absolute atomic E-state index is 13.5. The molecular formula is C24H22N6O3S. The first kappa shape index (κ1) is 21.8. The van der Waals surface area contributed by atoms with Gasteiger partial charge in [-0.15, -0.1) is 5.10 Å². The number of carbonyl (C=O) groups is 1. The number of sulfonamides is 1. The van der Waals surface area contributed by atoms with E-state index in [0.717, 1.165) is 29.7 Å². The van der Waals surface area contributed by atoms with Crippen LogP contribution in [0.4, 0.5) is 11.4 Å². The second-order valence-corrected chi connectivity index (χ2v) is 9.91. The summed E-state index contributed by atoms with van der Waals surface area (Å²) in [6, 6.07) is 19.0. The molecule has 2 heterocycles. The van der Waals surface area contributed by atoms with Gasteiger partial charge in [-0.05, 0) is 77.7 Å². The fraction of sp³-hybridized carbons (Fsp3) is 0.167. The third-order valence-electron chi connectivity index (χ3n) is 5.81. The van der Waals surface area contributed by atoms with Gasteiger partial charge in [-0.1, -0.05) is 30.3 Å². The van der Waals surface area contributed by atoms with Crippen LogP contribution in [0.15, 0.2) is 78.0 Å². The number of carbonyl (C=O) groups excluding carboxylic acids is 1. The number of amides is 1. The first-order valence-electron chi connectivity index (χ1n) is 10.8. The summed E-state index contributed by atoms with van der Waals surface area (Å²) >= 11 is 0. The second kappa shape index (κ2) is 8.71. The number of nitrogens with one attached hydrogen (secondary N) is 1. The molecule has 10 heteroatoms. The van der Waals surface area contributed by atoms with Gasteiger partial charge in [-0.3, -0.25) is 9.10 Å². The number of fused-ring (bicyclic) bond motifs is 1. The standard InChI is InChI=1S/C24H22N6O3S/c1-17-11-12-20(15-23(17)29-16-25-27-28-29)26-24(31)19-7-4-9-21(14-19)34(32,33)30-13-5-8-18-6-2-3-10-22(18)30/h2-4,6-7,9-12,14-16H,5,8,13H2,1H3,(H,26,31). The van der Waals surface area contributed by atoms with Gasteiger partial charge in [0.1, 0.15) is 6.33 Å². The first-order chi connectivity index (χ1) is 16.4. The molecule has 0 atom stereocenters. The van der Waals surface area contributed by atoms with Crippen molar-refractivity contribution in [2.75, 3.05) is 16.2 Å². The summed E-state index contributed by atoms with van der Waals surface area (Å²) < 4.78 is 29.9. The minimum absolute atomic E-state index is 0.0788. The molecule has 1 aliphatic heterocycles. The number of rotatable bonds is 5. The molecule has 0 bridgehead atoms. The topological polar surface area (TPSA) is 110 Å². The molecule has 0 saturated carbocycles. The Morgan fingerprint density at radius 3 is 2.68 bits per heavy atom. The van der Waals surface area contributed by atoms with E-state index in [1.807, 2.05) is 37.3 Å². The van der Waals surface area contributed by atoms with Crippen molar-refractivity contribution in [2.45, 2.75) is 24.7 Å². The molecule has 1 aromatic heterocycles. The van der Waals surface area contributed by atoms with Crippen LogP contribution in [0.3, 0.4) is 0 Å². The molecule has 0 spiro atoms. The predicted octanol–water partition coefficient (Wildman–Crippen LogP) is 3.36. The Hall–Kier alpha value is -4.05. The number of tetrazole rings is 1. The summed E-state index contributed by atoms with van der Waals surface area (Å²) in [7, 11) is -3.82. The molecule has 0 unspecified atom stereocenters. The van der Waals surface area contributed by atoms with Gasteiger partial charge in [0.2, 0.25) is 0 Å². The molecular weight excluding hydrogens is 452 g/mol. The van der Waals surface area contributed by atoms with Crippen LogP contribution in [-0.2, 0) is 16.4 Å². The van der Waals surface area contributed by atoms with E-state index < -0.39 is 15.9 Å². The summed E-state index contributed by atoms with van der Waals surface area (Å²) in [5.74, 6) is -0.414. The van der Waals surface area contributed by atoms with Crippen LogP contribution >= 0.6 is 0 Å². The fourth-order valence-corrected chi connectivity index (χ4v) is 5.67. The number of hydrogen-bond acceptors (Lipinski definition) is 6. The Bertz CT molecular complexity index is 1470. The minimum atomic E-state index is -3.82. The summed E-state index contributed by atoms with van der Waals surface area (Å²) in [4.78, 5) is 13.1. The molecule has 4 aromatic rings. The molecule has 0 radical (unpaired) electrons. The molecule has 0 fully saturated rings. The van der Waals surface area contributed by atoms with Crippen molar-refractivity contribution >= 4 is 27.3 Å². The third-order valence-corrected chi connectivity index (χ3v) is 7.62. The maximum atomic E-state index is 13.5. The van der Waals surface area contributed by atoms with E-state index in [-0.39, 0.29) is 10.5 Å². The lowest BCUT2D eigenvalue weighted by Crippen LogP contribution is -2.35. The Morgan fingerprint density at radius 1 is 1.00 bits per heavy atom. The number of aryl methyl sites for hydroxylation is 2. The molecule has 172 valence electrons. The van der Waals surface area contributed by atoms with Crippen molar-refractivity contribution in [1.29, 1.82) is 0 Å². The lowest BCUT2D eigenvalue weighted by Gasteiger charge is -2.30. The van der Waals surface area contributed by atoms with Crippen LogP contribution in [0.2, 0.25) is 0 Å². The molecule has 1 N–H and O–H groups in total. The first-order valence-corrected chi connectivity index (χ1v) is 12.2. The molecule has 9 nitrogen and oxygen atoms in total. The molecule has 3 aromatic carbocycles. The predicted molar refractivity (Wildman–Crippen MR) is 128 cm³/mol. The average Bonchev–Trinajstić information content (AvgIpc) is 3.40. The molecule has 0 saturated heterocycles. The van der Waals surface area contributed by atoms with E-state index >= 15 is 0 Å². The summed E-state index contributed by atoms with van der Waals surface area (Å²) in [5.41, 5.74) is 4.14. The largest absolute Gasteiger partial charge is 0.322 e. The highest BCUT2D eigenvalue weighted by Gasteiger charge is 2.29. The normalized spacial score (nSPS) is 13.4. The Morgan fingerprint density at radius 2 is 1.85 bits per heavy atom. The van der Waals surface area contributed by atoms with Crippen molar-refractivity contribution in [3.8, 4) is 5.69 Å². The van der Waals surface area contributed by atoms with Gasteiger partial charge in [-0.25, -0.2) is 13.1 Å². The zero-order chi connectivity index (χ0) is 23.7. The van der Waals surface area contributed by atoms with E-state index in [9.17, 15) is 13.2 Å². The highest BCUT2D eigenvalue weighted by atomic mass is 32.2. The zero-order valence-electron chi connectivity index (χ0n) is 18.4. The summed E-state index contributed by atoms with van der Waals surface area (Å²) in [6.45, 7) is 2.31. The van der Waals surface area contributed by atoms with Gasteiger partial charge in [0, 0.05) is 17.8 Å². The molecule has 1 aliphatic rings. The molecule has 0 aliphatic carbocycles. The SMILES string of the molecule is Cc1ccc(NC(=O)c2cccc(S(=O)(=O)N3CCCc4ccccc43)c2)cc1-n1cnnn1. The third kappa shape index (κ3) is 4.03. The average molecular weight is 475 g/mol. The van der Waals surface area contributed by atoms with Crippen molar-refractivity contribution in [1.82, 2.24) is 20.2 Å². The fourth-order valence-electron chi connectivity index (χ4n) is 4.08. The van der Waals surface area contributed by atoms with Gasteiger partial charge < -0.3 is 5.32 Å². The molecule has 34 heavy (non-hydrogen) atoms. The van der Waals surface area contributed by atoms with Gasteiger partial charge in [-0.2, -0.15) is 0 Å². The summed E-state index contributed by atoms with van der Waals surface area (Å²) in [6.07, 6.45) is 3.06. The summed E-state index contributed by atoms with van der Waals surface area (Å²) in [5, 5.41) is 14.0. The number of anilines is 2. The van der Waals surface area contributed by atoms with Crippen LogP contribution in [0.5, 0.6) is 0 Å². The van der Waals surface area contributed by atoms with Crippen LogP contribution in [0.1, 0.15) is 27.9 Å². The Labute approximate surface area is 197 Å². The van der Waals surface area contributed by atoms with Crippen molar-refractivity contribution in [3.63, 3.8) is 0 Å². The van der Waals surface area contributed by atoms with Crippen molar-refractivity contribution < 1.29 is 13.2 Å². The second-order valence-electron chi connectivity index (χ2n) is 8.05. The lowest BCUT2D eigenvalue weighted by molar-refractivity contribution is 0.102. The number of para-hydroxylation sites is 1.